The Hall–Kier alpha value is -2.49. The summed E-state index contributed by atoms with van der Waals surface area (Å²) in [6.07, 6.45) is 1.99. The quantitative estimate of drug-likeness (QED) is 0.790. The summed E-state index contributed by atoms with van der Waals surface area (Å²) in [5.41, 5.74) is 2.97. The van der Waals surface area contributed by atoms with E-state index in [4.69, 9.17) is 9.52 Å². The summed E-state index contributed by atoms with van der Waals surface area (Å²) in [5, 5.41) is 10.2. The third-order valence-electron chi connectivity index (χ3n) is 3.42. The molecule has 0 aliphatic rings. The highest BCUT2D eigenvalue weighted by Crippen LogP contribution is 2.21. The summed E-state index contributed by atoms with van der Waals surface area (Å²) < 4.78 is 7.47. The maximum Gasteiger partial charge on any atom is 0.372 e. The highest BCUT2D eigenvalue weighted by Gasteiger charge is 2.14. The van der Waals surface area contributed by atoms with Gasteiger partial charge < -0.3 is 14.1 Å². The van der Waals surface area contributed by atoms with Gasteiger partial charge >= 0.3 is 5.97 Å². The van der Waals surface area contributed by atoms with E-state index in [0.717, 1.165) is 10.9 Å². The zero-order valence-electron chi connectivity index (χ0n) is 11.4. The summed E-state index contributed by atoms with van der Waals surface area (Å²) in [5.74, 6) is -0.353. The number of aromatic nitrogens is 1. The van der Waals surface area contributed by atoms with Crippen molar-refractivity contribution >= 4 is 16.9 Å². The second-order valence-corrected chi connectivity index (χ2v) is 5.04. The van der Waals surface area contributed by atoms with Gasteiger partial charge in [0.1, 0.15) is 5.76 Å². The number of carbonyl (C=O) groups is 1. The van der Waals surface area contributed by atoms with E-state index >= 15 is 0 Å². The highest BCUT2D eigenvalue weighted by atomic mass is 16.4. The minimum absolute atomic E-state index is 0.0210. The van der Waals surface area contributed by atoms with E-state index < -0.39 is 5.97 Å². The Morgan fingerprint density at radius 3 is 2.75 bits per heavy atom. The Morgan fingerprint density at radius 1 is 1.25 bits per heavy atom. The Balaban J connectivity index is 1.99. The summed E-state index contributed by atoms with van der Waals surface area (Å²) in [6.45, 7) is 4.33. The molecular weight excluding hydrogens is 254 g/mol. The van der Waals surface area contributed by atoms with Gasteiger partial charge in [-0.05, 0) is 43.0 Å². The molecule has 0 amide bonds. The van der Waals surface area contributed by atoms with Gasteiger partial charge in [0.25, 0.3) is 0 Å². The number of nitrogens with zero attached hydrogens (tertiary/aromatic N) is 1. The van der Waals surface area contributed by atoms with Crippen molar-refractivity contribution in [3.63, 3.8) is 0 Å². The van der Waals surface area contributed by atoms with Crippen LogP contribution in [0, 0.1) is 13.8 Å². The number of fused-ring (bicyclic) bond motifs is 1. The zero-order chi connectivity index (χ0) is 14.3. The first-order valence-corrected chi connectivity index (χ1v) is 6.42. The molecule has 0 radical (unpaired) electrons. The van der Waals surface area contributed by atoms with Gasteiger partial charge in [-0.2, -0.15) is 0 Å². The van der Waals surface area contributed by atoms with Crippen molar-refractivity contribution in [3.8, 4) is 0 Å². The predicted octanol–water partition coefficient (Wildman–Crippen LogP) is 3.60. The number of hydrogen-bond acceptors (Lipinski definition) is 2. The Kier molecular flexibility index (Phi) is 2.86. The van der Waals surface area contributed by atoms with E-state index in [-0.39, 0.29) is 5.76 Å². The number of aryl methyl sites for hydroxylation is 2. The van der Waals surface area contributed by atoms with E-state index in [2.05, 4.69) is 29.7 Å². The predicted molar refractivity (Wildman–Crippen MR) is 76.2 cm³/mol. The molecule has 0 saturated carbocycles. The number of carboxylic acids is 1. The first-order chi connectivity index (χ1) is 9.54. The third kappa shape index (κ3) is 2.09. The van der Waals surface area contributed by atoms with Crippen LogP contribution < -0.4 is 0 Å². The molecule has 0 aliphatic heterocycles. The van der Waals surface area contributed by atoms with Crippen LogP contribution in [0.5, 0.6) is 0 Å². The summed E-state index contributed by atoms with van der Waals surface area (Å²) in [4.78, 5) is 11.0. The van der Waals surface area contributed by atoms with Crippen LogP contribution in [0.25, 0.3) is 10.9 Å². The fourth-order valence-corrected chi connectivity index (χ4v) is 2.44. The van der Waals surface area contributed by atoms with Crippen molar-refractivity contribution in [2.24, 2.45) is 0 Å². The zero-order valence-corrected chi connectivity index (χ0v) is 11.4. The molecule has 0 fully saturated rings. The Labute approximate surface area is 116 Å². The van der Waals surface area contributed by atoms with Crippen molar-refractivity contribution < 1.29 is 14.3 Å². The van der Waals surface area contributed by atoms with Crippen molar-refractivity contribution in [1.29, 1.82) is 0 Å². The highest BCUT2D eigenvalue weighted by molar-refractivity contribution is 5.86. The molecule has 2 aromatic heterocycles. The van der Waals surface area contributed by atoms with Crippen LogP contribution in [0.2, 0.25) is 0 Å². The Bertz CT molecular complexity index is 795. The lowest BCUT2D eigenvalue weighted by molar-refractivity contribution is 0.0659. The second kappa shape index (κ2) is 4.56. The molecule has 102 valence electrons. The van der Waals surface area contributed by atoms with Crippen molar-refractivity contribution in [1.82, 2.24) is 4.57 Å². The number of carboxylic acid groups (broad SMARTS) is 1. The minimum Gasteiger partial charge on any atom is -0.475 e. The summed E-state index contributed by atoms with van der Waals surface area (Å²) in [6, 6.07) is 10.1. The van der Waals surface area contributed by atoms with Gasteiger partial charge in [0.05, 0.1) is 6.54 Å². The maximum absolute atomic E-state index is 11.0. The lowest BCUT2D eigenvalue weighted by atomic mass is 10.2. The van der Waals surface area contributed by atoms with Gasteiger partial charge in [-0.15, -0.1) is 0 Å². The summed E-state index contributed by atoms with van der Waals surface area (Å²) >= 11 is 0. The SMILES string of the molecule is Cc1ccc2ccn(Cc3cc(C)c(C(=O)O)o3)c2c1. The molecular formula is C16H15NO3. The largest absolute Gasteiger partial charge is 0.475 e. The molecule has 0 saturated heterocycles. The molecule has 2 heterocycles. The van der Waals surface area contributed by atoms with Gasteiger partial charge in [0, 0.05) is 17.3 Å². The number of furan rings is 1. The lowest BCUT2D eigenvalue weighted by Gasteiger charge is -2.03. The molecule has 4 nitrogen and oxygen atoms in total. The molecule has 0 aliphatic carbocycles. The normalized spacial score (nSPS) is 11.1. The van der Waals surface area contributed by atoms with Gasteiger partial charge in [0.2, 0.25) is 5.76 Å². The first kappa shape index (κ1) is 12.5. The van der Waals surface area contributed by atoms with Crippen LogP contribution in [0.3, 0.4) is 0 Å². The number of hydrogen-bond donors (Lipinski definition) is 1. The molecule has 0 unspecified atom stereocenters. The summed E-state index contributed by atoms with van der Waals surface area (Å²) in [7, 11) is 0. The van der Waals surface area contributed by atoms with Crippen molar-refractivity contribution in [2.75, 3.05) is 0 Å². The van der Waals surface area contributed by atoms with E-state index in [1.807, 2.05) is 12.3 Å². The van der Waals surface area contributed by atoms with E-state index in [1.54, 1.807) is 13.0 Å². The minimum atomic E-state index is -1.03. The standard InChI is InChI=1S/C16H15NO3/c1-10-3-4-12-5-6-17(14(12)7-10)9-13-8-11(2)15(20-13)16(18)19/h3-8H,9H2,1-2H3,(H,18,19). The third-order valence-corrected chi connectivity index (χ3v) is 3.42. The van der Waals surface area contributed by atoms with Gasteiger partial charge in [-0.25, -0.2) is 4.79 Å². The van der Waals surface area contributed by atoms with Crippen molar-refractivity contribution in [3.05, 3.63) is 59.2 Å². The fourth-order valence-electron chi connectivity index (χ4n) is 2.44. The van der Waals surface area contributed by atoms with Crippen LogP contribution in [0.4, 0.5) is 0 Å². The van der Waals surface area contributed by atoms with Gasteiger partial charge in [-0.3, -0.25) is 0 Å². The lowest BCUT2D eigenvalue weighted by Crippen LogP contribution is -1.97. The maximum atomic E-state index is 11.0. The number of benzene rings is 1. The van der Waals surface area contributed by atoms with E-state index in [9.17, 15) is 4.79 Å². The van der Waals surface area contributed by atoms with Crippen LogP contribution in [0.1, 0.15) is 27.4 Å². The topological polar surface area (TPSA) is 55.4 Å². The molecule has 0 spiro atoms. The Morgan fingerprint density at radius 2 is 2.05 bits per heavy atom. The number of rotatable bonds is 3. The molecule has 3 rings (SSSR count). The van der Waals surface area contributed by atoms with Gasteiger partial charge in [0.15, 0.2) is 0 Å². The van der Waals surface area contributed by atoms with E-state index in [1.165, 1.54) is 5.56 Å². The molecule has 1 N–H and O–H groups in total. The first-order valence-electron chi connectivity index (χ1n) is 6.42. The molecule has 0 bridgehead atoms. The van der Waals surface area contributed by atoms with E-state index in [0.29, 0.717) is 17.9 Å². The van der Waals surface area contributed by atoms with Gasteiger partial charge in [-0.1, -0.05) is 12.1 Å². The van der Waals surface area contributed by atoms with Crippen molar-refractivity contribution in [2.45, 2.75) is 20.4 Å². The van der Waals surface area contributed by atoms with Crippen LogP contribution in [0.15, 0.2) is 40.9 Å². The average Bonchev–Trinajstić information content (AvgIpc) is 2.94. The molecule has 4 heteroatoms. The average molecular weight is 269 g/mol. The number of aromatic carboxylic acids is 1. The monoisotopic (exact) mass is 269 g/mol. The van der Waals surface area contributed by atoms with Crippen LogP contribution in [-0.2, 0) is 6.54 Å². The van der Waals surface area contributed by atoms with Crippen LogP contribution in [-0.4, -0.2) is 15.6 Å². The molecule has 3 aromatic rings. The smallest absolute Gasteiger partial charge is 0.372 e. The van der Waals surface area contributed by atoms with Crippen LogP contribution >= 0.6 is 0 Å². The second-order valence-electron chi connectivity index (χ2n) is 5.04. The molecule has 1 aromatic carbocycles. The molecule has 0 atom stereocenters. The molecule has 20 heavy (non-hydrogen) atoms. The fraction of sp³-hybridized carbons (Fsp3) is 0.188.